The Hall–Kier alpha value is -2.29. The number of carbonyl (C=O) groups is 1. The first kappa shape index (κ1) is 14.6. The maximum Gasteiger partial charge on any atom is 0.259 e. The zero-order valence-electron chi connectivity index (χ0n) is 13.5. The third-order valence-electron chi connectivity index (χ3n) is 4.10. The quantitative estimate of drug-likeness (QED) is 0.837. The standard InChI is InChI=1S/C19H21NO2/c1-19(2,3)20-17(13-9-6-5-7-10-13)14-11-8-12-15(22-4)16(14)18(20)21/h5-12,17H,1-4H3. The highest BCUT2D eigenvalue weighted by molar-refractivity contribution is 6.02. The van der Waals surface area contributed by atoms with Gasteiger partial charge in [0.05, 0.1) is 18.7 Å². The van der Waals surface area contributed by atoms with Crippen molar-refractivity contribution in [2.45, 2.75) is 32.4 Å². The second-order valence-corrected chi connectivity index (χ2v) is 6.58. The summed E-state index contributed by atoms with van der Waals surface area (Å²) in [5.74, 6) is 0.684. The summed E-state index contributed by atoms with van der Waals surface area (Å²) in [6.45, 7) is 6.21. The van der Waals surface area contributed by atoms with Gasteiger partial charge in [0.25, 0.3) is 5.91 Å². The van der Waals surface area contributed by atoms with E-state index in [2.05, 4.69) is 32.9 Å². The number of benzene rings is 2. The zero-order chi connectivity index (χ0) is 15.9. The molecular weight excluding hydrogens is 274 g/mol. The molecule has 1 aliphatic heterocycles. The number of carbonyl (C=O) groups excluding carboxylic acids is 1. The lowest BCUT2D eigenvalue weighted by atomic mass is 9.95. The van der Waals surface area contributed by atoms with Gasteiger partial charge in [-0.3, -0.25) is 4.79 Å². The van der Waals surface area contributed by atoms with E-state index in [9.17, 15) is 4.79 Å². The van der Waals surface area contributed by atoms with E-state index in [1.165, 1.54) is 0 Å². The van der Waals surface area contributed by atoms with Crippen LogP contribution < -0.4 is 4.74 Å². The highest BCUT2D eigenvalue weighted by Gasteiger charge is 2.44. The molecular formula is C19H21NO2. The maximum atomic E-state index is 13.1. The highest BCUT2D eigenvalue weighted by atomic mass is 16.5. The average molecular weight is 295 g/mol. The fourth-order valence-electron chi connectivity index (χ4n) is 3.21. The predicted octanol–water partition coefficient (Wildman–Crippen LogP) is 4.04. The molecule has 22 heavy (non-hydrogen) atoms. The van der Waals surface area contributed by atoms with Gasteiger partial charge in [-0.1, -0.05) is 42.5 Å². The molecule has 0 radical (unpaired) electrons. The normalized spacial score (nSPS) is 17.5. The summed E-state index contributed by atoms with van der Waals surface area (Å²) >= 11 is 0. The first-order chi connectivity index (χ1) is 10.4. The summed E-state index contributed by atoms with van der Waals surface area (Å²) in [5.41, 5.74) is 2.55. The van der Waals surface area contributed by atoms with Crippen LogP contribution in [-0.4, -0.2) is 23.5 Å². The molecule has 0 spiro atoms. The molecule has 0 aromatic heterocycles. The SMILES string of the molecule is COc1cccc2c1C(=O)N(C(C)(C)C)C2c1ccccc1. The number of methoxy groups -OCH3 is 1. The Balaban J connectivity index is 2.24. The highest BCUT2D eigenvalue weighted by Crippen LogP contribution is 2.45. The van der Waals surface area contributed by atoms with Crippen LogP contribution in [0, 0.1) is 0 Å². The first-order valence-corrected chi connectivity index (χ1v) is 7.50. The molecule has 1 amide bonds. The van der Waals surface area contributed by atoms with Gasteiger partial charge in [0.15, 0.2) is 0 Å². The molecule has 3 nitrogen and oxygen atoms in total. The summed E-state index contributed by atoms with van der Waals surface area (Å²) in [5, 5.41) is 0. The third kappa shape index (κ3) is 2.17. The number of ether oxygens (including phenoxy) is 1. The molecule has 1 atom stereocenters. The van der Waals surface area contributed by atoms with Gasteiger partial charge in [-0.25, -0.2) is 0 Å². The van der Waals surface area contributed by atoms with Crippen LogP contribution in [0.15, 0.2) is 48.5 Å². The molecule has 2 aromatic carbocycles. The average Bonchev–Trinajstić information content (AvgIpc) is 2.81. The van der Waals surface area contributed by atoms with Crippen LogP contribution in [0.25, 0.3) is 0 Å². The van der Waals surface area contributed by atoms with Crippen molar-refractivity contribution in [2.24, 2.45) is 0 Å². The van der Waals surface area contributed by atoms with Crippen LogP contribution in [0.1, 0.15) is 48.3 Å². The minimum absolute atomic E-state index is 0.0359. The molecule has 0 saturated heterocycles. The summed E-state index contributed by atoms with van der Waals surface area (Å²) in [6.07, 6.45) is 0. The van der Waals surface area contributed by atoms with E-state index < -0.39 is 0 Å². The van der Waals surface area contributed by atoms with E-state index in [0.717, 1.165) is 11.1 Å². The summed E-state index contributed by atoms with van der Waals surface area (Å²) in [7, 11) is 1.61. The van der Waals surface area contributed by atoms with Gasteiger partial charge in [0, 0.05) is 5.54 Å². The Labute approximate surface area is 131 Å². The number of hydrogen-bond donors (Lipinski definition) is 0. The largest absolute Gasteiger partial charge is 0.496 e. The van der Waals surface area contributed by atoms with E-state index >= 15 is 0 Å². The number of nitrogens with zero attached hydrogens (tertiary/aromatic N) is 1. The molecule has 2 aromatic rings. The van der Waals surface area contributed by atoms with Gasteiger partial charge in [-0.15, -0.1) is 0 Å². The molecule has 3 heteroatoms. The third-order valence-corrected chi connectivity index (χ3v) is 4.10. The summed E-state index contributed by atoms with van der Waals surface area (Å²) in [6, 6.07) is 15.9. The monoisotopic (exact) mass is 295 g/mol. The van der Waals surface area contributed by atoms with E-state index in [-0.39, 0.29) is 17.5 Å². The molecule has 1 aliphatic rings. The van der Waals surface area contributed by atoms with Crippen molar-refractivity contribution < 1.29 is 9.53 Å². The first-order valence-electron chi connectivity index (χ1n) is 7.50. The topological polar surface area (TPSA) is 29.5 Å². The van der Waals surface area contributed by atoms with Crippen molar-refractivity contribution in [1.29, 1.82) is 0 Å². The number of amides is 1. The molecule has 0 saturated carbocycles. The molecule has 0 fully saturated rings. The van der Waals surface area contributed by atoms with Crippen LogP contribution in [0.2, 0.25) is 0 Å². The van der Waals surface area contributed by atoms with Crippen LogP contribution in [-0.2, 0) is 0 Å². The van der Waals surface area contributed by atoms with Gasteiger partial charge < -0.3 is 9.64 Å². The Morgan fingerprint density at radius 1 is 1.00 bits per heavy atom. The van der Waals surface area contributed by atoms with E-state index in [0.29, 0.717) is 11.3 Å². The van der Waals surface area contributed by atoms with Gasteiger partial charge in [-0.05, 0) is 38.0 Å². The Morgan fingerprint density at radius 3 is 2.27 bits per heavy atom. The molecule has 1 unspecified atom stereocenters. The minimum Gasteiger partial charge on any atom is -0.496 e. The molecule has 0 bridgehead atoms. The fraction of sp³-hybridized carbons (Fsp3) is 0.316. The van der Waals surface area contributed by atoms with Gasteiger partial charge in [0.2, 0.25) is 0 Å². The molecule has 1 heterocycles. The second-order valence-electron chi connectivity index (χ2n) is 6.58. The fourth-order valence-corrected chi connectivity index (χ4v) is 3.21. The number of hydrogen-bond acceptors (Lipinski definition) is 2. The van der Waals surface area contributed by atoms with Crippen molar-refractivity contribution in [3.63, 3.8) is 0 Å². The van der Waals surface area contributed by atoms with Gasteiger partial charge in [0.1, 0.15) is 5.75 Å². The van der Waals surface area contributed by atoms with Crippen LogP contribution in [0.3, 0.4) is 0 Å². The predicted molar refractivity (Wildman–Crippen MR) is 87.2 cm³/mol. The molecule has 0 N–H and O–H groups in total. The van der Waals surface area contributed by atoms with E-state index in [4.69, 9.17) is 4.74 Å². The Bertz CT molecular complexity index is 701. The van der Waals surface area contributed by atoms with Crippen LogP contribution in [0.4, 0.5) is 0 Å². The minimum atomic E-state index is -0.276. The smallest absolute Gasteiger partial charge is 0.259 e. The van der Waals surface area contributed by atoms with Crippen LogP contribution >= 0.6 is 0 Å². The lowest BCUT2D eigenvalue weighted by molar-refractivity contribution is 0.0550. The van der Waals surface area contributed by atoms with Crippen molar-refractivity contribution in [3.8, 4) is 5.75 Å². The molecule has 114 valence electrons. The summed E-state index contributed by atoms with van der Waals surface area (Å²) < 4.78 is 5.43. The second kappa shape index (κ2) is 5.16. The zero-order valence-corrected chi connectivity index (χ0v) is 13.5. The number of fused-ring (bicyclic) bond motifs is 1. The molecule has 3 rings (SSSR count). The van der Waals surface area contributed by atoms with E-state index in [1.54, 1.807) is 7.11 Å². The van der Waals surface area contributed by atoms with Crippen molar-refractivity contribution in [1.82, 2.24) is 4.90 Å². The Morgan fingerprint density at radius 2 is 1.68 bits per heavy atom. The lowest BCUT2D eigenvalue weighted by Crippen LogP contribution is -2.44. The van der Waals surface area contributed by atoms with Crippen molar-refractivity contribution >= 4 is 5.91 Å². The maximum absolute atomic E-state index is 13.1. The van der Waals surface area contributed by atoms with Gasteiger partial charge >= 0.3 is 0 Å². The lowest BCUT2D eigenvalue weighted by Gasteiger charge is -2.37. The Kier molecular flexibility index (Phi) is 3.44. The van der Waals surface area contributed by atoms with Crippen molar-refractivity contribution in [3.05, 3.63) is 65.2 Å². The van der Waals surface area contributed by atoms with Crippen LogP contribution in [0.5, 0.6) is 5.75 Å². The van der Waals surface area contributed by atoms with Gasteiger partial charge in [-0.2, -0.15) is 0 Å². The van der Waals surface area contributed by atoms with Crippen molar-refractivity contribution in [2.75, 3.05) is 7.11 Å². The summed E-state index contributed by atoms with van der Waals surface area (Å²) in [4.78, 5) is 15.0. The number of rotatable bonds is 2. The molecule has 0 aliphatic carbocycles. The van der Waals surface area contributed by atoms with E-state index in [1.807, 2.05) is 41.3 Å².